The van der Waals surface area contributed by atoms with Gasteiger partial charge in [0.2, 0.25) is 5.78 Å². The van der Waals surface area contributed by atoms with Gasteiger partial charge in [0, 0.05) is 6.07 Å². The van der Waals surface area contributed by atoms with Crippen LogP contribution in [0.4, 0.5) is 8.78 Å². The summed E-state index contributed by atoms with van der Waals surface area (Å²) in [6.07, 6.45) is -3.06. The molecule has 16 heavy (non-hydrogen) atoms. The van der Waals surface area contributed by atoms with Crippen LogP contribution in [0.1, 0.15) is 10.4 Å². The van der Waals surface area contributed by atoms with Gasteiger partial charge in [0.25, 0.3) is 0 Å². The van der Waals surface area contributed by atoms with Crippen molar-refractivity contribution in [3.05, 3.63) is 22.2 Å². The molecule has 0 radical (unpaired) electrons. The Labute approximate surface area is 99.5 Å². The predicted octanol–water partition coefficient (Wildman–Crippen LogP) is 2.91. The molecule has 0 fully saturated rings. The van der Waals surface area contributed by atoms with Crippen molar-refractivity contribution in [1.29, 1.82) is 0 Å². The molecule has 1 rings (SSSR count). The maximum Gasteiger partial charge on any atom is 0.300 e. The van der Waals surface area contributed by atoms with E-state index in [1.54, 1.807) is 0 Å². The highest BCUT2D eigenvalue weighted by Gasteiger charge is 2.23. The SMILES string of the molecule is COc1cc(OC)c(C(=O)C(F)F)cc1Br. The lowest BCUT2D eigenvalue weighted by atomic mass is 10.1. The van der Waals surface area contributed by atoms with Crippen molar-refractivity contribution in [2.24, 2.45) is 0 Å². The van der Waals surface area contributed by atoms with Gasteiger partial charge in [0.1, 0.15) is 11.5 Å². The third-order valence-electron chi connectivity index (χ3n) is 1.94. The maximum absolute atomic E-state index is 12.3. The molecule has 0 heterocycles. The largest absolute Gasteiger partial charge is 0.496 e. The van der Waals surface area contributed by atoms with Crippen LogP contribution >= 0.6 is 15.9 Å². The first-order valence-corrected chi connectivity index (χ1v) is 5.04. The molecular formula is C10H9BrF2O3. The van der Waals surface area contributed by atoms with Gasteiger partial charge in [-0.25, -0.2) is 8.78 Å². The highest BCUT2D eigenvalue weighted by Crippen LogP contribution is 2.33. The minimum Gasteiger partial charge on any atom is -0.496 e. The molecule has 88 valence electrons. The Kier molecular flexibility index (Phi) is 4.23. The third kappa shape index (κ3) is 2.49. The van der Waals surface area contributed by atoms with Gasteiger partial charge in [0.05, 0.1) is 24.3 Å². The Hall–Kier alpha value is -1.17. The smallest absolute Gasteiger partial charge is 0.300 e. The van der Waals surface area contributed by atoms with E-state index in [1.165, 1.54) is 26.4 Å². The molecule has 0 N–H and O–H groups in total. The van der Waals surface area contributed by atoms with Crippen LogP contribution in [0, 0.1) is 0 Å². The van der Waals surface area contributed by atoms with Crippen LogP contribution < -0.4 is 9.47 Å². The second kappa shape index (κ2) is 5.25. The van der Waals surface area contributed by atoms with Gasteiger partial charge in [0.15, 0.2) is 0 Å². The lowest BCUT2D eigenvalue weighted by Crippen LogP contribution is -2.12. The molecule has 0 aliphatic carbocycles. The zero-order valence-electron chi connectivity index (χ0n) is 8.59. The Morgan fingerprint density at radius 3 is 2.25 bits per heavy atom. The molecule has 1 aromatic carbocycles. The fraction of sp³-hybridized carbons (Fsp3) is 0.300. The summed E-state index contributed by atoms with van der Waals surface area (Å²) >= 11 is 3.11. The van der Waals surface area contributed by atoms with Crippen LogP contribution in [-0.4, -0.2) is 26.4 Å². The van der Waals surface area contributed by atoms with Gasteiger partial charge < -0.3 is 9.47 Å². The van der Waals surface area contributed by atoms with Crippen molar-refractivity contribution >= 4 is 21.7 Å². The zero-order chi connectivity index (χ0) is 12.3. The molecule has 0 bridgehead atoms. The van der Waals surface area contributed by atoms with E-state index < -0.39 is 12.2 Å². The number of ketones is 1. The second-order valence-corrected chi connectivity index (χ2v) is 3.71. The summed E-state index contributed by atoms with van der Waals surface area (Å²) < 4.78 is 34.8. The molecule has 0 atom stereocenters. The first-order chi connectivity index (χ1) is 7.51. The molecule has 0 aliphatic heterocycles. The van der Waals surface area contributed by atoms with Crippen LogP contribution in [-0.2, 0) is 0 Å². The quantitative estimate of drug-likeness (QED) is 0.801. The minimum atomic E-state index is -3.06. The van der Waals surface area contributed by atoms with Gasteiger partial charge in [-0.05, 0) is 22.0 Å². The number of methoxy groups -OCH3 is 2. The number of alkyl halides is 2. The number of benzene rings is 1. The highest BCUT2D eigenvalue weighted by molar-refractivity contribution is 9.10. The summed E-state index contributed by atoms with van der Waals surface area (Å²) in [5, 5.41) is 0. The number of halogens is 3. The average molecular weight is 295 g/mol. The number of carbonyl (C=O) groups excluding carboxylic acids is 1. The number of Topliss-reactive ketones (excluding diaryl/α,β-unsaturated/α-hetero) is 1. The van der Waals surface area contributed by atoms with E-state index in [-0.39, 0.29) is 11.3 Å². The molecule has 1 aromatic rings. The number of carbonyl (C=O) groups is 1. The fourth-order valence-electron chi connectivity index (χ4n) is 1.17. The summed E-state index contributed by atoms with van der Waals surface area (Å²) in [6, 6.07) is 2.63. The van der Waals surface area contributed by atoms with Gasteiger partial charge in [-0.2, -0.15) is 0 Å². The third-order valence-corrected chi connectivity index (χ3v) is 2.56. The van der Waals surface area contributed by atoms with Gasteiger partial charge in [-0.1, -0.05) is 0 Å². The standard InChI is InChI=1S/C10H9BrF2O3/c1-15-7-4-8(16-2)6(11)3-5(7)9(14)10(12)13/h3-4,10H,1-2H3. The van der Waals surface area contributed by atoms with Crippen LogP contribution in [0.5, 0.6) is 11.5 Å². The normalized spacial score (nSPS) is 10.4. The van der Waals surface area contributed by atoms with E-state index >= 15 is 0 Å². The average Bonchev–Trinajstić information content (AvgIpc) is 2.27. The van der Waals surface area contributed by atoms with Gasteiger partial charge in [-0.15, -0.1) is 0 Å². The molecular weight excluding hydrogens is 286 g/mol. The lowest BCUT2D eigenvalue weighted by molar-refractivity contribution is 0.0675. The van der Waals surface area contributed by atoms with Crippen molar-refractivity contribution in [1.82, 2.24) is 0 Å². The summed E-state index contributed by atoms with van der Waals surface area (Å²) in [7, 11) is 2.72. The summed E-state index contributed by atoms with van der Waals surface area (Å²) in [6.45, 7) is 0. The Morgan fingerprint density at radius 2 is 1.81 bits per heavy atom. The van der Waals surface area contributed by atoms with E-state index in [0.29, 0.717) is 10.2 Å². The molecule has 0 spiro atoms. The Bertz CT molecular complexity index is 407. The zero-order valence-corrected chi connectivity index (χ0v) is 10.2. The summed E-state index contributed by atoms with van der Waals surface area (Å²) in [5.41, 5.74) is -0.176. The fourth-order valence-corrected chi connectivity index (χ4v) is 1.68. The lowest BCUT2D eigenvalue weighted by Gasteiger charge is -2.10. The molecule has 0 unspecified atom stereocenters. The minimum absolute atomic E-state index is 0.0605. The Balaban J connectivity index is 3.28. The van der Waals surface area contributed by atoms with E-state index in [2.05, 4.69) is 15.9 Å². The van der Waals surface area contributed by atoms with E-state index in [4.69, 9.17) is 9.47 Å². The first kappa shape index (κ1) is 12.9. The van der Waals surface area contributed by atoms with Crippen molar-refractivity contribution in [3.63, 3.8) is 0 Å². The van der Waals surface area contributed by atoms with Crippen LogP contribution in [0.3, 0.4) is 0 Å². The second-order valence-electron chi connectivity index (χ2n) is 2.85. The molecule has 3 nitrogen and oxygen atoms in total. The monoisotopic (exact) mass is 294 g/mol. The van der Waals surface area contributed by atoms with E-state index in [1.807, 2.05) is 0 Å². The molecule has 0 saturated carbocycles. The van der Waals surface area contributed by atoms with Crippen molar-refractivity contribution in [2.45, 2.75) is 6.43 Å². The maximum atomic E-state index is 12.3. The first-order valence-electron chi connectivity index (χ1n) is 4.25. The number of ether oxygens (including phenoxy) is 2. The van der Waals surface area contributed by atoms with E-state index in [9.17, 15) is 13.6 Å². The molecule has 0 aromatic heterocycles. The van der Waals surface area contributed by atoms with Gasteiger partial charge in [-0.3, -0.25) is 4.79 Å². The number of hydrogen-bond acceptors (Lipinski definition) is 3. The number of rotatable bonds is 4. The van der Waals surface area contributed by atoms with Crippen molar-refractivity contribution < 1.29 is 23.0 Å². The molecule has 0 amide bonds. The molecule has 0 saturated heterocycles. The molecule has 0 aliphatic rings. The number of hydrogen-bond donors (Lipinski definition) is 0. The summed E-state index contributed by atoms with van der Waals surface area (Å²) in [5.74, 6) is -0.812. The Morgan fingerprint density at radius 1 is 1.25 bits per heavy atom. The van der Waals surface area contributed by atoms with Crippen LogP contribution in [0.2, 0.25) is 0 Å². The molecule has 6 heteroatoms. The van der Waals surface area contributed by atoms with Crippen molar-refractivity contribution in [2.75, 3.05) is 14.2 Å². The van der Waals surface area contributed by atoms with Crippen LogP contribution in [0.15, 0.2) is 16.6 Å². The topological polar surface area (TPSA) is 35.5 Å². The van der Waals surface area contributed by atoms with E-state index in [0.717, 1.165) is 0 Å². The highest BCUT2D eigenvalue weighted by atomic mass is 79.9. The predicted molar refractivity (Wildman–Crippen MR) is 57.6 cm³/mol. The van der Waals surface area contributed by atoms with Crippen LogP contribution in [0.25, 0.3) is 0 Å². The van der Waals surface area contributed by atoms with Gasteiger partial charge >= 0.3 is 6.43 Å². The summed E-state index contributed by atoms with van der Waals surface area (Å²) in [4.78, 5) is 11.2. The van der Waals surface area contributed by atoms with Crippen molar-refractivity contribution in [3.8, 4) is 11.5 Å².